The molecule has 1 saturated heterocycles. The third-order valence-corrected chi connectivity index (χ3v) is 4.23. The molecular formula is C14H28N2O4+2. The Labute approximate surface area is 121 Å². The molecule has 116 valence electrons. The average molecular weight is 288 g/mol. The lowest BCUT2D eigenvalue weighted by molar-refractivity contribution is -1.02. The van der Waals surface area contributed by atoms with Crippen LogP contribution in [0.15, 0.2) is 0 Å². The summed E-state index contributed by atoms with van der Waals surface area (Å²) in [6.45, 7) is 9.81. The van der Waals surface area contributed by atoms with Gasteiger partial charge in [0, 0.05) is 13.8 Å². The summed E-state index contributed by atoms with van der Waals surface area (Å²) in [6, 6.07) is 0. The minimum Gasteiger partial charge on any atom is -0.460 e. The first-order chi connectivity index (χ1) is 9.25. The highest BCUT2D eigenvalue weighted by Gasteiger charge is 2.36. The number of nitrogens with zero attached hydrogens (tertiary/aromatic N) is 2. The Morgan fingerprint density at radius 1 is 0.800 bits per heavy atom. The monoisotopic (exact) mass is 288 g/mol. The van der Waals surface area contributed by atoms with Gasteiger partial charge < -0.3 is 18.4 Å². The molecule has 0 unspecified atom stereocenters. The van der Waals surface area contributed by atoms with Crippen molar-refractivity contribution in [3.8, 4) is 0 Å². The van der Waals surface area contributed by atoms with Crippen molar-refractivity contribution in [1.29, 1.82) is 0 Å². The van der Waals surface area contributed by atoms with E-state index >= 15 is 0 Å². The fourth-order valence-corrected chi connectivity index (χ4v) is 2.46. The second kappa shape index (κ2) is 7.04. The van der Waals surface area contributed by atoms with Crippen LogP contribution in [-0.2, 0) is 19.1 Å². The number of carbonyl (C=O) groups is 2. The fourth-order valence-electron chi connectivity index (χ4n) is 2.46. The van der Waals surface area contributed by atoms with Crippen LogP contribution in [0.2, 0.25) is 0 Å². The van der Waals surface area contributed by atoms with Crippen molar-refractivity contribution in [2.75, 3.05) is 66.6 Å². The van der Waals surface area contributed by atoms with Gasteiger partial charge in [-0.2, -0.15) is 0 Å². The lowest BCUT2D eigenvalue weighted by atomic mass is 10.2. The molecular weight excluding hydrogens is 260 g/mol. The van der Waals surface area contributed by atoms with Crippen molar-refractivity contribution in [2.45, 2.75) is 13.8 Å². The highest BCUT2D eigenvalue weighted by atomic mass is 16.5. The first kappa shape index (κ1) is 16.9. The minimum absolute atomic E-state index is 0.212. The van der Waals surface area contributed by atoms with Gasteiger partial charge in [0.2, 0.25) is 0 Å². The lowest BCUT2D eigenvalue weighted by Crippen LogP contribution is -2.65. The number of quaternary nitrogens is 2. The van der Waals surface area contributed by atoms with E-state index in [2.05, 4.69) is 14.1 Å². The van der Waals surface area contributed by atoms with Crippen molar-refractivity contribution in [2.24, 2.45) is 0 Å². The molecule has 0 aromatic carbocycles. The van der Waals surface area contributed by atoms with Crippen LogP contribution < -0.4 is 0 Å². The van der Waals surface area contributed by atoms with Crippen LogP contribution in [-0.4, -0.2) is 87.5 Å². The SMILES string of the molecule is CC(=O)OCC[N+]1(C)CC[N+](C)(CCOC(C)=O)CC1. The largest absolute Gasteiger partial charge is 0.460 e. The Hall–Kier alpha value is -1.14. The number of hydrogen-bond donors (Lipinski definition) is 0. The molecule has 0 N–H and O–H groups in total. The zero-order valence-corrected chi connectivity index (χ0v) is 13.2. The summed E-state index contributed by atoms with van der Waals surface area (Å²) in [5.74, 6) is -0.425. The molecule has 1 fully saturated rings. The number of esters is 2. The molecule has 1 aliphatic heterocycles. The van der Waals surface area contributed by atoms with Gasteiger partial charge in [0.05, 0.1) is 14.1 Å². The van der Waals surface area contributed by atoms with Crippen LogP contribution in [0.25, 0.3) is 0 Å². The van der Waals surface area contributed by atoms with E-state index in [9.17, 15) is 9.59 Å². The van der Waals surface area contributed by atoms with E-state index in [0.717, 1.165) is 48.2 Å². The summed E-state index contributed by atoms with van der Waals surface area (Å²) >= 11 is 0. The summed E-state index contributed by atoms with van der Waals surface area (Å²) < 4.78 is 12.0. The number of ether oxygens (including phenoxy) is 2. The van der Waals surface area contributed by atoms with Crippen molar-refractivity contribution in [3.63, 3.8) is 0 Å². The molecule has 0 radical (unpaired) electrons. The maximum atomic E-state index is 10.8. The Balaban J connectivity index is 2.33. The normalized spacial score (nSPS) is 29.8. The Bertz CT molecular complexity index is 315. The summed E-state index contributed by atoms with van der Waals surface area (Å²) in [4.78, 5) is 21.6. The van der Waals surface area contributed by atoms with Crippen molar-refractivity contribution >= 4 is 11.9 Å². The second-order valence-corrected chi connectivity index (χ2v) is 6.26. The van der Waals surface area contributed by atoms with Gasteiger partial charge in [-0.25, -0.2) is 0 Å². The van der Waals surface area contributed by atoms with Crippen LogP contribution in [0.4, 0.5) is 0 Å². The Morgan fingerprint density at radius 3 is 1.35 bits per heavy atom. The number of rotatable bonds is 6. The second-order valence-electron chi connectivity index (χ2n) is 6.26. The molecule has 6 nitrogen and oxygen atoms in total. The predicted molar refractivity (Wildman–Crippen MR) is 74.8 cm³/mol. The predicted octanol–water partition coefficient (Wildman–Crippen LogP) is 0.0194. The van der Waals surface area contributed by atoms with Crippen LogP contribution >= 0.6 is 0 Å². The Kier molecular flexibility index (Phi) is 5.95. The standard InChI is InChI=1S/C14H28N2O4/c1-13(17)19-11-9-15(3)5-7-16(4,8-6-15)10-12-20-14(2)18/h5-12H2,1-4H3/q+2. The molecule has 0 bridgehead atoms. The number of hydrogen-bond acceptors (Lipinski definition) is 4. The first-order valence-electron chi connectivity index (χ1n) is 7.19. The smallest absolute Gasteiger partial charge is 0.302 e. The van der Waals surface area contributed by atoms with E-state index in [1.54, 1.807) is 0 Å². The highest BCUT2D eigenvalue weighted by Crippen LogP contribution is 2.15. The van der Waals surface area contributed by atoms with E-state index in [4.69, 9.17) is 9.47 Å². The first-order valence-corrected chi connectivity index (χ1v) is 7.19. The molecule has 0 atom stereocenters. The maximum absolute atomic E-state index is 10.8. The fraction of sp³-hybridized carbons (Fsp3) is 0.857. The van der Waals surface area contributed by atoms with E-state index in [-0.39, 0.29) is 11.9 Å². The van der Waals surface area contributed by atoms with Crippen LogP contribution in [0.3, 0.4) is 0 Å². The van der Waals surface area contributed by atoms with E-state index < -0.39 is 0 Å². The van der Waals surface area contributed by atoms with Crippen molar-refractivity contribution < 1.29 is 28.0 Å². The van der Waals surface area contributed by atoms with Gasteiger partial charge in [0.25, 0.3) is 0 Å². The molecule has 1 rings (SSSR count). The molecule has 0 amide bonds. The molecule has 0 aliphatic carbocycles. The van der Waals surface area contributed by atoms with Crippen molar-refractivity contribution in [1.82, 2.24) is 0 Å². The Morgan fingerprint density at radius 2 is 1.10 bits per heavy atom. The van der Waals surface area contributed by atoms with Gasteiger partial charge >= 0.3 is 11.9 Å². The molecule has 20 heavy (non-hydrogen) atoms. The minimum atomic E-state index is -0.212. The quantitative estimate of drug-likeness (QED) is 0.511. The zero-order chi connectivity index (χ0) is 15.2. The summed E-state index contributed by atoms with van der Waals surface area (Å²) in [7, 11) is 4.41. The van der Waals surface area contributed by atoms with Crippen LogP contribution in [0.1, 0.15) is 13.8 Å². The molecule has 0 saturated carbocycles. The third kappa shape index (κ3) is 5.88. The number of piperazine rings is 1. The van der Waals surface area contributed by atoms with Gasteiger partial charge in [-0.05, 0) is 0 Å². The number of carbonyl (C=O) groups excluding carboxylic acids is 2. The van der Waals surface area contributed by atoms with Crippen LogP contribution in [0, 0.1) is 0 Å². The third-order valence-electron chi connectivity index (χ3n) is 4.23. The molecule has 0 aromatic rings. The number of likely N-dealkylation sites (N-methyl/N-ethyl adjacent to an activating group) is 2. The van der Waals surface area contributed by atoms with Gasteiger partial charge in [-0.1, -0.05) is 0 Å². The maximum Gasteiger partial charge on any atom is 0.302 e. The van der Waals surface area contributed by atoms with E-state index in [1.165, 1.54) is 13.8 Å². The van der Waals surface area contributed by atoms with Gasteiger partial charge in [-0.15, -0.1) is 0 Å². The van der Waals surface area contributed by atoms with Gasteiger partial charge in [0.15, 0.2) is 0 Å². The lowest BCUT2D eigenvalue weighted by Gasteiger charge is -2.46. The summed E-state index contributed by atoms with van der Waals surface area (Å²) in [5.41, 5.74) is 0. The molecule has 0 spiro atoms. The summed E-state index contributed by atoms with van der Waals surface area (Å²) in [6.07, 6.45) is 0. The average Bonchev–Trinajstić information content (AvgIpc) is 2.33. The van der Waals surface area contributed by atoms with Gasteiger partial charge in [-0.3, -0.25) is 9.59 Å². The van der Waals surface area contributed by atoms with E-state index in [1.807, 2.05) is 0 Å². The highest BCUT2D eigenvalue weighted by molar-refractivity contribution is 5.66. The van der Waals surface area contributed by atoms with Gasteiger partial charge in [0.1, 0.15) is 52.5 Å². The zero-order valence-electron chi connectivity index (χ0n) is 13.2. The van der Waals surface area contributed by atoms with E-state index in [0.29, 0.717) is 13.2 Å². The van der Waals surface area contributed by atoms with Crippen molar-refractivity contribution in [3.05, 3.63) is 0 Å². The molecule has 1 aliphatic rings. The molecule has 0 aromatic heterocycles. The molecule has 6 heteroatoms. The van der Waals surface area contributed by atoms with Crippen LogP contribution in [0.5, 0.6) is 0 Å². The molecule has 1 heterocycles. The topological polar surface area (TPSA) is 52.6 Å². The summed E-state index contributed by atoms with van der Waals surface area (Å²) in [5, 5.41) is 0.